The summed E-state index contributed by atoms with van der Waals surface area (Å²) in [6, 6.07) is 18.6. The molecule has 3 aromatic rings. The summed E-state index contributed by atoms with van der Waals surface area (Å²) in [5, 5.41) is 3.27. The van der Waals surface area contributed by atoms with Crippen molar-refractivity contribution in [2.45, 2.75) is 49.7 Å². The molecule has 1 aliphatic heterocycles. The zero-order chi connectivity index (χ0) is 37.0. The number of methoxy groups -OCH3 is 6. The Balaban J connectivity index is 1.70. The molecule has 0 saturated heterocycles. The van der Waals surface area contributed by atoms with E-state index in [1.165, 1.54) is 40.4 Å². The first-order chi connectivity index (χ1) is 25.2. The van der Waals surface area contributed by atoms with Gasteiger partial charge in [-0.25, -0.2) is 0 Å². The van der Waals surface area contributed by atoms with Crippen LogP contribution in [0.3, 0.4) is 0 Å². The highest BCUT2D eigenvalue weighted by molar-refractivity contribution is 6.33. The van der Waals surface area contributed by atoms with Crippen LogP contribution in [-0.4, -0.2) is 76.7 Å². The first-order valence-corrected chi connectivity index (χ1v) is 17.2. The molecule has 0 aromatic heterocycles. The van der Waals surface area contributed by atoms with Crippen LogP contribution >= 0.6 is 0 Å². The third-order valence-corrected chi connectivity index (χ3v) is 9.97. The van der Waals surface area contributed by atoms with E-state index >= 15 is 9.59 Å². The Morgan fingerprint density at radius 3 is 1.85 bits per heavy atom. The molecule has 1 heterocycles. The predicted octanol–water partition coefficient (Wildman–Crippen LogP) is 6.05. The molecule has 2 aliphatic carbocycles. The van der Waals surface area contributed by atoms with Crippen molar-refractivity contribution in [1.82, 2.24) is 10.2 Å². The molecule has 1 spiro atoms. The smallest absolute Gasteiger partial charge is 0.261 e. The lowest BCUT2D eigenvalue weighted by atomic mass is 9.78. The van der Waals surface area contributed by atoms with Gasteiger partial charge in [-0.2, -0.15) is 0 Å². The van der Waals surface area contributed by atoms with E-state index in [2.05, 4.69) is 5.32 Å². The van der Waals surface area contributed by atoms with Gasteiger partial charge in [0, 0.05) is 11.6 Å². The molecule has 2 amide bonds. The predicted molar refractivity (Wildman–Crippen MR) is 195 cm³/mol. The van der Waals surface area contributed by atoms with E-state index in [1.807, 2.05) is 30.3 Å². The van der Waals surface area contributed by atoms with Crippen LogP contribution in [0.4, 0.5) is 0 Å². The molecule has 1 N–H and O–H groups in total. The molecule has 52 heavy (non-hydrogen) atoms. The lowest BCUT2D eigenvalue weighted by molar-refractivity contribution is -0.139. The Bertz CT molecular complexity index is 1880. The molecule has 11 nitrogen and oxygen atoms in total. The molecule has 272 valence electrons. The summed E-state index contributed by atoms with van der Waals surface area (Å²) in [6.07, 6.45) is 7.89. The van der Waals surface area contributed by atoms with Gasteiger partial charge in [-0.05, 0) is 65.9 Å². The largest absolute Gasteiger partial charge is 0.497 e. The Morgan fingerprint density at radius 1 is 0.731 bits per heavy atom. The maximum Gasteiger partial charge on any atom is 0.261 e. The highest BCUT2D eigenvalue weighted by atomic mass is 16.5. The van der Waals surface area contributed by atoms with Crippen molar-refractivity contribution in [1.29, 1.82) is 0 Å². The summed E-state index contributed by atoms with van der Waals surface area (Å²) in [7, 11) is 8.83. The maximum absolute atomic E-state index is 15.6. The standard InChI is InChI=1S/C41H44N2O9/c1-47-29-19-17-25(18-20-29)34-35(26-13-9-7-10-14-26)41(23-32(50-4)37(44)33(24-41)51-5)43(40(34)46)36(39(45)42-28-15-11-8-12-16-28)27-21-30(48-2)38(52-6)31(22-27)49-3/h7,9-10,13-14,17-24,28,36H,8,11-12,15-16H2,1-6H3,(H,42,45). The molecule has 3 aliphatic rings. The zero-order valence-electron chi connectivity index (χ0n) is 30.3. The van der Waals surface area contributed by atoms with Crippen LogP contribution in [0.2, 0.25) is 0 Å². The fourth-order valence-electron chi connectivity index (χ4n) is 7.54. The van der Waals surface area contributed by atoms with Gasteiger partial charge in [0.15, 0.2) is 23.0 Å². The van der Waals surface area contributed by atoms with Crippen LogP contribution in [0.1, 0.15) is 54.8 Å². The monoisotopic (exact) mass is 708 g/mol. The number of ketones is 1. The maximum atomic E-state index is 15.6. The normalized spacial score (nSPS) is 17.7. The molecule has 1 saturated carbocycles. The Morgan fingerprint density at radius 2 is 1.33 bits per heavy atom. The number of rotatable bonds is 12. The molecule has 1 fully saturated rings. The molecule has 3 aromatic carbocycles. The summed E-state index contributed by atoms with van der Waals surface area (Å²) < 4.78 is 33.9. The highest BCUT2D eigenvalue weighted by Crippen LogP contribution is 2.54. The lowest BCUT2D eigenvalue weighted by Crippen LogP contribution is -2.54. The number of carbonyl (C=O) groups excluding carboxylic acids is 3. The summed E-state index contributed by atoms with van der Waals surface area (Å²) in [4.78, 5) is 45.7. The van der Waals surface area contributed by atoms with Crippen LogP contribution in [0.15, 0.2) is 90.4 Å². The van der Waals surface area contributed by atoms with Crippen molar-refractivity contribution in [2.24, 2.45) is 0 Å². The van der Waals surface area contributed by atoms with E-state index in [9.17, 15) is 4.79 Å². The Labute approximate surface area is 303 Å². The fourth-order valence-corrected chi connectivity index (χ4v) is 7.54. The zero-order valence-corrected chi connectivity index (χ0v) is 30.3. The van der Waals surface area contributed by atoms with E-state index < -0.39 is 29.2 Å². The molecular formula is C41H44N2O9. The number of nitrogens with one attached hydrogen (secondary N) is 1. The molecular weight excluding hydrogens is 664 g/mol. The van der Waals surface area contributed by atoms with Gasteiger partial charge >= 0.3 is 0 Å². The van der Waals surface area contributed by atoms with Crippen molar-refractivity contribution < 1.29 is 42.8 Å². The Kier molecular flexibility index (Phi) is 10.6. The summed E-state index contributed by atoms with van der Waals surface area (Å²) in [5.41, 5.74) is 0.948. The molecule has 1 unspecified atom stereocenters. The molecule has 0 radical (unpaired) electrons. The third-order valence-electron chi connectivity index (χ3n) is 9.97. The molecule has 11 heteroatoms. The van der Waals surface area contributed by atoms with Gasteiger partial charge in [-0.3, -0.25) is 14.4 Å². The number of Topliss-reactive ketones (excluding diaryl/α,β-unsaturated/α-hetero) is 1. The molecule has 0 bridgehead atoms. The summed E-state index contributed by atoms with van der Waals surface area (Å²) in [6.45, 7) is 0. The van der Waals surface area contributed by atoms with Gasteiger partial charge in [-0.15, -0.1) is 0 Å². The van der Waals surface area contributed by atoms with Crippen LogP contribution < -0.4 is 24.3 Å². The minimum Gasteiger partial charge on any atom is -0.497 e. The number of amides is 2. The minimum atomic E-state index is -1.58. The van der Waals surface area contributed by atoms with Gasteiger partial charge in [0.05, 0.1) is 48.2 Å². The average molecular weight is 709 g/mol. The van der Waals surface area contributed by atoms with Gasteiger partial charge in [0.2, 0.25) is 11.7 Å². The minimum absolute atomic E-state index is 0.0436. The lowest BCUT2D eigenvalue weighted by Gasteiger charge is -2.43. The van der Waals surface area contributed by atoms with Crippen molar-refractivity contribution in [3.63, 3.8) is 0 Å². The SMILES string of the molecule is COC1=CC2(C=C(OC)C1=O)C(c1ccccc1)=C(c1ccc(OC)cc1)C(=O)N2C(C(=O)NC1CCCCC1)c1cc(OC)c(OC)c(OC)c1. The molecule has 1 atom stereocenters. The van der Waals surface area contributed by atoms with Crippen molar-refractivity contribution >= 4 is 28.7 Å². The van der Waals surface area contributed by atoms with Gasteiger partial charge in [0.25, 0.3) is 11.7 Å². The van der Waals surface area contributed by atoms with E-state index in [-0.39, 0.29) is 17.6 Å². The summed E-state index contributed by atoms with van der Waals surface area (Å²) >= 11 is 0. The fraction of sp³-hybridized carbons (Fsp3) is 0.341. The van der Waals surface area contributed by atoms with Crippen LogP contribution in [0.25, 0.3) is 11.1 Å². The van der Waals surface area contributed by atoms with Crippen LogP contribution in [-0.2, 0) is 23.9 Å². The topological polar surface area (TPSA) is 122 Å². The van der Waals surface area contributed by atoms with E-state index in [0.29, 0.717) is 50.8 Å². The van der Waals surface area contributed by atoms with Gasteiger partial charge in [-0.1, -0.05) is 61.7 Å². The molecule has 6 rings (SSSR count). The van der Waals surface area contributed by atoms with Gasteiger partial charge in [0.1, 0.15) is 17.3 Å². The number of benzene rings is 3. The second kappa shape index (κ2) is 15.3. The highest BCUT2D eigenvalue weighted by Gasteiger charge is 2.57. The van der Waals surface area contributed by atoms with E-state index in [0.717, 1.165) is 32.1 Å². The van der Waals surface area contributed by atoms with Crippen molar-refractivity contribution in [3.8, 4) is 23.0 Å². The number of nitrogens with zero attached hydrogens (tertiary/aromatic N) is 1. The number of carbonyl (C=O) groups is 3. The van der Waals surface area contributed by atoms with Crippen molar-refractivity contribution in [3.05, 3.63) is 107 Å². The average Bonchev–Trinajstić information content (AvgIpc) is 3.42. The third kappa shape index (κ3) is 6.35. The second-order valence-corrected chi connectivity index (χ2v) is 12.8. The first-order valence-electron chi connectivity index (χ1n) is 17.2. The second-order valence-electron chi connectivity index (χ2n) is 12.8. The van der Waals surface area contributed by atoms with E-state index in [4.69, 9.17) is 28.4 Å². The van der Waals surface area contributed by atoms with Gasteiger partial charge < -0.3 is 38.6 Å². The summed E-state index contributed by atoms with van der Waals surface area (Å²) in [5.74, 6) is 0.0926. The van der Waals surface area contributed by atoms with Crippen LogP contribution in [0.5, 0.6) is 23.0 Å². The Hall–Kier alpha value is -5.71. The van der Waals surface area contributed by atoms with Crippen LogP contribution in [0, 0.1) is 0 Å². The first kappa shape index (κ1) is 36.1. The number of hydrogen-bond acceptors (Lipinski definition) is 9. The quantitative estimate of drug-likeness (QED) is 0.240. The number of ether oxygens (including phenoxy) is 6. The van der Waals surface area contributed by atoms with Crippen molar-refractivity contribution in [2.75, 3.05) is 42.7 Å². The van der Waals surface area contributed by atoms with E-state index in [1.54, 1.807) is 55.7 Å². The number of hydrogen-bond donors (Lipinski definition) is 1.